The van der Waals surface area contributed by atoms with Crippen molar-refractivity contribution in [3.63, 3.8) is 0 Å². The first-order valence-corrected chi connectivity index (χ1v) is 12.8. The van der Waals surface area contributed by atoms with E-state index in [1.54, 1.807) is 39.8 Å². The van der Waals surface area contributed by atoms with Crippen molar-refractivity contribution in [2.75, 3.05) is 45.9 Å². The Hall–Kier alpha value is -3.76. The summed E-state index contributed by atoms with van der Waals surface area (Å²) in [6, 6.07) is 9.59. The van der Waals surface area contributed by atoms with Crippen molar-refractivity contribution in [1.82, 2.24) is 19.7 Å². The lowest BCUT2D eigenvalue weighted by molar-refractivity contribution is -0.0503. The predicted octanol–water partition coefficient (Wildman–Crippen LogP) is 3.93. The minimum absolute atomic E-state index is 0.0359. The highest BCUT2D eigenvalue weighted by atomic mass is 19.3. The maximum atomic E-state index is 13.5. The van der Waals surface area contributed by atoms with Gasteiger partial charge >= 0.3 is 12.7 Å². The van der Waals surface area contributed by atoms with Gasteiger partial charge in [0.2, 0.25) is 0 Å². The van der Waals surface area contributed by atoms with Crippen LogP contribution in [0.15, 0.2) is 36.4 Å². The summed E-state index contributed by atoms with van der Waals surface area (Å²) in [5.41, 5.74) is 2.12. The maximum absolute atomic E-state index is 13.5. The first-order chi connectivity index (χ1) is 18.3. The molecule has 2 fully saturated rings. The lowest BCUT2D eigenvalue weighted by Crippen LogP contribution is -2.51. The molecule has 2 aliphatic rings. The Kier molecular flexibility index (Phi) is 8.75. The number of likely N-dealkylation sites (tertiary alicyclic amines) is 1. The molecule has 11 heteroatoms. The Labute approximate surface area is 220 Å². The molecule has 0 spiro atoms. The number of piperazine rings is 1. The summed E-state index contributed by atoms with van der Waals surface area (Å²) >= 11 is 0. The van der Waals surface area contributed by atoms with Gasteiger partial charge in [0.15, 0.2) is 0 Å². The highest BCUT2D eigenvalue weighted by Gasteiger charge is 2.32. The molecule has 3 heterocycles. The van der Waals surface area contributed by atoms with Crippen LogP contribution in [0.4, 0.5) is 13.6 Å². The van der Waals surface area contributed by atoms with E-state index in [9.17, 15) is 23.2 Å². The number of rotatable bonds is 6. The van der Waals surface area contributed by atoms with Crippen LogP contribution in [0.3, 0.4) is 0 Å². The third-order valence-corrected chi connectivity index (χ3v) is 6.89. The molecule has 0 atom stereocenters. The fourth-order valence-corrected chi connectivity index (χ4v) is 4.91. The molecule has 0 saturated carbocycles. The lowest BCUT2D eigenvalue weighted by atomic mass is 9.89. The molecule has 4 rings (SSSR count). The first-order valence-electron chi connectivity index (χ1n) is 12.8. The highest BCUT2D eigenvalue weighted by Crippen LogP contribution is 2.32. The van der Waals surface area contributed by atoms with Gasteiger partial charge in [-0.25, -0.2) is 4.79 Å². The van der Waals surface area contributed by atoms with Crippen molar-refractivity contribution >= 4 is 17.9 Å². The molecule has 1 aromatic heterocycles. The van der Waals surface area contributed by atoms with Crippen LogP contribution in [-0.4, -0.2) is 90.1 Å². The van der Waals surface area contributed by atoms with Crippen LogP contribution in [0, 0.1) is 6.92 Å². The number of pyridine rings is 1. The van der Waals surface area contributed by atoms with Gasteiger partial charge in [-0.15, -0.1) is 0 Å². The zero-order valence-corrected chi connectivity index (χ0v) is 21.6. The Balaban J connectivity index is 1.43. The average Bonchev–Trinajstić information content (AvgIpc) is 2.92. The topological polar surface area (TPSA) is 92.3 Å². The molecule has 1 aromatic carbocycles. The number of amides is 3. The van der Waals surface area contributed by atoms with E-state index in [-0.39, 0.29) is 35.1 Å². The van der Waals surface area contributed by atoms with Gasteiger partial charge < -0.3 is 24.2 Å². The summed E-state index contributed by atoms with van der Waals surface area (Å²) in [6.45, 7) is 3.30. The van der Waals surface area contributed by atoms with Gasteiger partial charge in [0, 0.05) is 50.9 Å². The molecular weight excluding hydrogens is 498 g/mol. The quantitative estimate of drug-likeness (QED) is 0.562. The molecule has 3 amide bonds. The largest absolute Gasteiger partial charge is 0.450 e. The molecule has 0 aliphatic carbocycles. The SMILES string of the molecule is CCOC(=O)N1CCN(C(=O)c2ccc(C)nc2C2CCN(C(=O)c3ccccc3OC(F)F)CC2)CC1. The van der Waals surface area contributed by atoms with Gasteiger partial charge in [-0.1, -0.05) is 12.1 Å². The van der Waals surface area contributed by atoms with E-state index in [1.807, 2.05) is 13.0 Å². The molecule has 0 bridgehead atoms. The van der Waals surface area contributed by atoms with Gasteiger partial charge in [0.25, 0.3) is 11.8 Å². The zero-order chi connectivity index (χ0) is 27.2. The predicted molar refractivity (Wildman–Crippen MR) is 134 cm³/mol. The Morgan fingerprint density at radius 2 is 1.50 bits per heavy atom. The van der Waals surface area contributed by atoms with Gasteiger partial charge in [0.1, 0.15) is 5.75 Å². The second-order valence-corrected chi connectivity index (χ2v) is 9.30. The summed E-state index contributed by atoms with van der Waals surface area (Å²) in [5, 5.41) is 0. The van der Waals surface area contributed by atoms with Crippen LogP contribution < -0.4 is 4.74 Å². The molecule has 9 nitrogen and oxygen atoms in total. The van der Waals surface area contributed by atoms with Crippen molar-refractivity contribution in [2.24, 2.45) is 0 Å². The number of halogens is 2. The molecule has 2 aromatic rings. The number of aryl methyl sites for hydroxylation is 1. The van der Waals surface area contributed by atoms with Crippen molar-refractivity contribution in [3.05, 3.63) is 58.9 Å². The third-order valence-electron chi connectivity index (χ3n) is 6.89. The second kappa shape index (κ2) is 12.2. The van der Waals surface area contributed by atoms with E-state index in [0.717, 1.165) is 5.69 Å². The standard InChI is InChI=1S/C27H32F2N4O5/c1-3-37-27(36)33-16-14-32(15-17-33)25(35)21-9-8-18(2)30-23(21)19-10-12-31(13-11-19)24(34)20-6-4-5-7-22(20)38-26(28)29/h4-9,19,26H,3,10-17H2,1-2H3. The van der Waals surface area contributed by atoms with Crippen molar-refractivity contribution in [3.8, 4) is 5.75 Å². The number of nitrogens with zero attached hydrogens (tertiary/aromatic N) is 4. The minimum atomic E-state index is -3.02. The van der Waals surface area contributed by atoms with Crippen molar-refractivity contribution in [1.29, 1.82) is 0 Å². The van der Waals surface area contributed by atoms with E-state index < -0.39 is 6.61 Å². The molecular formula is C27H32F2N4O5. The highest BCUT2D eigenvalue weighted by molar-refractivity contribution is 5.97. The molecule has 2 saturated heterocycles. The molecule has 38 heavy (non-hydrogen) atoms. The van der Waals surface area contributed by atoms with Crippen LogP contribution >= 0.6 is 0 Å². The molecule has 204 valence electrons. The lowest BCUT2D eigenvalue weighted by Gasteiger charge is -2.35. The summed E-state index contributed by atoms with van der Waals surface area (Å²) in [4.78, 5) is 48.2. The van der Waals surface area contributed by atoms with E-state index in [0.29, 0.717) is 70.0 Å². The van der Waals surface area contributed by atoms with Gasteiger partial charge in [0.05, 0.1) is 23.4 Å². The number of piperidine rings is 1. The molecule has 0 N–H and O–H groups in total. The fraction of sp³-hybridized carbons (Fsp3) is 0.481. The summed E-state index contributed by atoms with van der Waals surface area (Å²) in [7, 11) is 0. The Bertz CT molecular complexity index is 1160. The number of carbonyl (C=O) groups excluding carboxylic acids is 3. The number of para-hydroxylation sites is 1. The number of carbonyl (C=O) groups is 3. The second-order valence-electron chi connectivity index (χ2n) is 9.30. The van der Waals surface area contributed by atoms with Crippen molar-refractivity contribution < 1.29 is 32.6 Å². The number of benzene rings is 1. The molecule has 0 unspecified atom stereocenters. The maximum Gasteiger partial charge on any atom is 0.409 e. The smallest absolute Gasteiger partial charge is 0.409 e. The number of hydrogen-bond acceptors (Lipinski definition) is 6. The van der Waals surface area contributed by atoms with Crippen LogP contribution in [-0.2, 0) is 4.74 Å². The minimum Gasteiger partial charge on any atom is -0.450 e. The first kappa shape index (κ1) is 27.3. The monoisotopic (exact) mass is 530 g/mol. The van der Waals surface area contributed by atoms with Crippen LogP contribution in [0.25, 0.3) is 0 Å². The van der Waals surface area contributed by atoms with Crippen LogP contribution in [0.1, 0.15) is 57.8 Å². The van der Waals surface area contributed by atoms with Crippen molar-refractivity contribution in [2.45, 2.75) is 39.2 Å². The van der Waals surface area contributed by atoms with E-state index >= 15 is 0 Å². The van der Waals surface area contributed by atoms with Gasteiger partial charge in [-0.3, -0.25) is 14.6 Å². The number of ether oxygens (including phenoxy) is 2. The number of alkyl halides is 2. The normalized spacial score (nSPS) is 16.5. The van der Waals surface area contributed by atoms with Gasteiger partial charge in [-0.2, -0.15) is 8.78 Å². The average molecular weight is 531 g/mol. The summed E-state index contributed by atoms with van der Waals surface area (Å²) in [6.07, 6.45) is 0.788. The Morgan fingerprint density at radius 1 is 0.895 bits per heavy atom. The summed E-state index contributed by atoms with van der Waals surface area (Å²) in [5.74, 6) is -0.683. The summed E-state index contributed by atoms with van der Waals surface area (Å²) < 4.78 is 35.2. The van der Waals surface area contributed by atoms with Gasteiger partial charge in [-0.05, 0) is 51.0 Å². The number of aromatic nitrogens is 1. The van der Waals surface area contributed by atoms with E-state index in [1.165, 1.54) is 12.1 Å². The third kappa shape index (κ3) is 6.20. The fourth-order valence-electron chi connectivity index (χ4n) is 4.91. The van der Waals surface area contributed by atoms with E-state index in [4.69, 9.17) is 9.72 Å². The van der Waals surface area contributed by atoms with E-state index in [2.05, 4.69) is 4.74 Å². The number of hydrogen-bond donors (Lipinski definition) is 0. The zero-order valence-electron chi connectivity index (χ0n) is 21.6. The van der Waals surface area contributed by atoms with Crippen LogP contribution in [0.2, 0.25) is 0 Å². The molecule has 0 radical (unpaired) electrons. The Morgan fingerprint density at radius 3 is 2.16 bits per heavy atom. The van der Waals surface area contributed by atoms with Crippen LogP contribution in [0.5, 0.6) is 5.75 Å². The molecule has 2 aliphatic heterocycles.